The van der Waals surface area contributed by atoms with Crippen LogP contribution in [-0.4, -0.2) is 39.8 Å². The Bertz CT molecular complexity index is 822. The first-order valence-electron chi connectivity index (χ1n) is 9.74. The Morgan fingerprint density at radius 3 is 2.88 bits per heavy atom. The van der Waals surface area contributed by atoms with Crippen LogP contribution in [0, 0.1) is 0 Å². The minimum absolute atomic E-state index is 0.0224. The molecule has 1 saturated heterocycles. The van der Waals surface area contributed by atoms with E-state index in [0.29, 0.717) is 19.4 Å². The molecule has 1 unspecified atom stereocenters. The molecular weight excluding hydrogens is 326 g/mol. The second-order valence-electron chi connectivity index (χ2n) is 7.88. The van der Waals surface area contributed by atoms with Crippen molar-refractivity contribution in [1.29, 1.82) is 0 Å². The number of H-pyrrole nitrogens is 1. The molecule has 1 atom stereocenters. The first-order chi connectivity index (χ1) is 12.6. The van der Waals surface area contributed by atoms with E-state index >= 15 is 0 Å². The smallest absolute Gasteiger partial charge is 0.245 e. The Kier molecular flexibility index (Phi) is 4.47. The summed E-state index contributed by atoms with van der Waals surface area (Å²) in [6.45, 7) is 2.51. The van der Waals surface area contributed by atoms with Gasteiger partial charge in [0.15, 0.2) is 0 Å². The fraction of sp³-hybridized carbons (Fsp3) is 0.524. The zero-order valence-corrected chi connectivity index (χ0v) is 15.4. The highest BCUT2D eigenvalue weighted by atomic mass is 16.2. The maximum Gasteiger partial charge on any atom is 0.245 e. The van der Waals surface area contributed by atoms with Crippen molar-refractivity contribution in [3.8, 4) is 0 Å². The number of likely N-dealkylation sites (tertiary alicyclic amines) is 1. The predicted molar refractivity (Wildman–Crippen MR) is 102 cm³/mol. The summed E-state index contributed by atoms with van der Waals surface area (Å²) in [6.07, 6.45) is 8.33. The zero-order valence-electron chi connectivity index (χ0n) is 15.4. The average molecular weight is 353 g/mol. The number of amides is 2. The van der Waals surface area contributed by atoms with Crippen molar-refractivity contribution in [1.82, 2.24) is 15.2 Å². The average Bonchev–Trinajstić information content (AvgIpc) is 3.35. The van der Waals surface area contributed by atoms with E-state index in [-0.39, 0.29) is 17.9 Å². The fourth-order valence-electron chi connectivity index (χ4n) is 4.48. The number of para-hydroxylation sites is 1. The number of rotatable bonds is 5. The van der Waals surface area contributed by atoms with Crippen LogP contribution in [0.4, 0.5) is 0 Å². The van der Waals surface area contributed by atoms with E-state index in [4.69, 9.17) is 0 Å². The minimum atomic E-state index is -0.716. The summed E-state index contributed by atoms with van der Waals surface area (Å²) in [4.78, 5) is 30.5. The monoisotopic (exact) mass is 353 g/mol. The Morgan fingerprint density at radius 1 is 1.31 bits per heavy atom. The van der Waals surface area contributed by atoms with Crippen LogP contribution in [-0.2, 0) is 16.0 Å². The van der Waals surface area contributed by atoms with Crippen molar-refractivity contribution >= 4 is 22.7 Å². The highest BCUT2D eigenvalue weighted by molar-refractivity contribution is 5.94. The number of aromatic amines is 1. The molecule has 4 rings (SSSR count). The van der Waals surface area contributed by atoms with Gasteiger partial charge in [-0.15, -0.1) is 0 Å². The van der Waals surface area contributed by atoms with E-state index in [1.807, 2.05) is 25.3 Å². The predicted octanol–water partition coefficient (Wildman–Crippen LogP) is 3.15. The third-order valence-electron chi connectivity index (χ3n) is 6.18. The van der Waals surface area contributed by atoms with E-state index in [1.165, 1.54) is 23.8 Å². The van der Waals surface area contributed by atoms with E-state index in [0.717, 1.165) is 24.8 Å². The Morgan fingerprint density at radius 2 is 2.08 bits per heavy atom. The standard InChI is InChI=1S/C21H27N3O2/c1-21(20(26)23-16-6-2-3-7-16)12-10-19(25)24(21)13-11-15-14-22-18-9-5-4-8-17(15)18/h4-5,8-9,14,16,22H,2-3,6-7,10-13H2,1H3,(H,23,26). The molecule has 0 bridgehead atoms. The topological polar surface area (TPSA) is 65.2 Å². The molecule has 0 spiro atoms. The van der Waals surface area contributed by atoms with Crippen LogP contribution < -0.4 is 5.32 Å². The minimum Gasteiger partial charge on any atom is -0.361 e. The summed E-state index contributed by atoms with van der Waals surface area (Å²) in [6, 6.07) is 8.47. The van der Waals surface area contributed by atoms with Gasteiger partial charge in [-0.05, 0) is 44.2 Å². The normalized spacial score (nSPS) is 23.9. The van der Waals surface area contributed by atoms with Crippen LogP contribution in [0.2, 0.25) is 0 Å². The van der Waals surface area contributed by atoms with Gasteiger partial charge in [-0.3, -0.25) is 9.59 Å². The zero-order chi connectivity index (χ0) is 18.1. The number of hydrogen-bond donors (Lipinski definition) is 2. The van der Waals surface area contributed by atoms with Crippen LogP contribution in [0.25, 0.3) is 10.9 Å². The van der Waals surface area contributed by atoms with E-state index < -0.39 is 5.54 Å². The first kappa shape index (κ1) is 17.1. The second kappa shape index (κ2) is 6.78. The first-order valence-corrected chi connectivity index (χ1v) is 9.74. The molecule has 2 aliphatic rings. The van der Waals surface area contributed by atoms with Crippen LogP contribution in [0.15, 0.2) is 30.5 Å². The van der Waals surface area contributed by atoms with Gasteiger partial charge in [0.1, 0.15) is 5.54 Å². The number of nitrogens with one attached hydrogen (secondary N) is 2. The highest BCUT2D eigenvalue weighted by Crippen LogP contribution is 2.32. The molecule has 2 N–H and O–H groups in total. The summed E-state index contributed by atoms with van der Waals surface area (Å²) in [5, 5.41) is 4.39. The lowest BCUT2D eigenvalue weighted by Gasteiger charge is -2.35. The molecule has 26 heavy (non-hydrogen) atoms. The number of nitrogens with zero attached hydrogens (tertiary/aromatic N) is 1. The Labute approximate surface area is 154 Å². The molecule has 1 aliphatic heterocycles. The molecule has 138 valence electrons. The van der Waals surface area contributed by atoms with Crippen LogP contribution in [0.3, 0.4) is 0 Å². The van der Waals surface area contributed by atoms with Crippen molar-refractivity contribution in [2.75, 3.05) is 6.54 Å². The van der Waals surface area contributed by atoms with Crippen molar-refractivity contribution in [2.24, 2.45) is 0 Å². The van der Waals surface area contributed by atoms with Crippen LogP contribution >= 0.6 is 0 Å². The summed E-state index contributed by atoms with van der Waals surface area (Å²) in [7, 11) is 0. The van der Waals surface area contributed by atoms with Gasteiger partial charge >= 0.3 is 0 Å². The van der Waals surface area contributed by atoms with Gasteiger partial charge in [0.05, 0.1) is 0 Å². The van der Waals surface area contributed by atoms with Gasteiger partial charge in [-0.2, -0.15) is 0 Å². The fourth-order valence-corrected chi connectivity index (χ4v) is 4.48. The molecule has 2 aromatic rings. The van der Waals surface area contributed by atoms with E-state index in [2.05, 4.69) is 22.4 Å². The largest absolute Gasteiger partial charge is 0.361 e. The lowest BCUT2D eigenvalue weighted by molar-refractivity contribution is -0.140. The van der Waals surface area contributed by atoms with Crippen LogP contribution in [0.5, 0.6) is 0 Å². The summed E-state index contributed by atoms with van der Waals surface area (Å²) in [5.41, 5.74) is 1.59. The number of benzene rings is 1. The molecule has 2 fully saturated rings. The highest BCUT2D eigenvalue weighted by Gasteiger charge is 2.47. The molecule has 5 nitrogen and oxygen atoms in total. The molecule has 2 heterocycles. The quantitative estimate of drug-likeness (QED) is 0.867. The number of fused-ring (bicyclic) bond motifs is 1. The molecule has 1 aromatic carbocycles. The number of hydrogen-bond acceptors (Lipinski definition) is 2. The van der Waals surface area contributed by atoms with Gasteiger partial charge in [-0.25, -0.2) is 0 Å². The third kappa shape index (κ3) is 3.00. The third-order valence-corrected chi connectivity index (χ3v) is 6.18. The molecule has 0 radical (unpaired) electrons. The van der Waals surface area contributed by atoms with Crippen molar-refractivity contribution < 1.29 is 9.59 Å². The maximum atomic E-state index is 12.9. The van der Waals surface area contributed by atoms with Gasteiger partial charge < -0.3 is 15.2 Å². The number of carbonyl (C=O) groups is 2. The lowest BCUT2D eigenvalue weighted by atomic mass is 9.96. The SMILES string of the molecule is CC1(C(=O)NC2CCCC2)CCC(=O)N1CCc1c[nH]c2ccccc12. The molecular formula is C21H27N3O2. The molecule has 1 aromatic heterocycles. The number of carbonyl (C=O) groups excluding carboxylic acids is 2. The van der Waals surface area contributed by atoms with Gasteiger partial charge in [-0.1, -0.05) is 31.0 Å². The van der Waals surface area contributed by atoms with Crippen molar-refractivity contribution in [3.63, 3.8) is 0 Å². The second-order valence-corrected chi connectivity index (χ2v) is 7.88. The summed E-state index contributed by atoms with van der Waals surface area (Å²) >= 11 is 0. The van der Waals surface area contributed by atoms with E-state index in [9.17, 15) is 9.59 Å². The summed E-state index contributed by atoms with van der Waals surface area (Å²) in [5.74, 6) is 0.114. The van der Waals surface area contributed by atoms with Gasteiger partial charge in [0.2, 0.25) is 11.8 Å². The molecule has 2 amide bonds. The van der Waals surface area contributed by atoms with E-state index in [1.54, 1.807) is 4.90 Å². The Hall–Kier alpha value is -2.30. The van der Waals surface area contributed by atoms with Crippen molar-refractivity contribution in [3.05, 3.63) is 36.0 Å². The molecule has 1 saturated carbocycles. The summed E-state index contributed by atoms with van der Waals surface area (Å²) < 4.78 is 0. The van der Waals surface area contributed by atoms with Crippen LogP contribution in [0.1, 0.15) is 51.0 Å². The van der Waals surface area contributed by atoms with Gasteiger partial charge in [0.25, 0.3) is 0 Å². The maximum absolute atomic E-state index is 12.9. The lowest BCUT2D eigenvalue weighted by Crippen LogP contribution is -2.56. The molecule has 1 aliphatic carbocycles. The Balaban J connectivity index is 1.48. The number of aromatic nitrogens is 1. The molecule has 5 heteroatoms. The van der Waals surface area contributed by atoms with Crippen molar-refractivity contribution in [2.45, 2.75) is 63.5 Å². The van der Waals surface area contributed by atoms with Gasteiger partial charge in [0, 0.05) is 36.1 Å².